The van der Waals surface area contributed by atoms with Crippen molar-refractivity contribution >= 4 is 5.91 Å². The number of rotatable bonds is 4. The first-order valence-electron chi connectivity index (χ1n) is 10.2. The third-order valence-electron chi connectivity index (χ3n) is 5.77. The molecular weight excluding hydrogens is 360 g/mol. The molecule has 3 aromatic rings. The van der Waals surface area contributed by atoms with Crippen molar-refractivity contribution in [1.29, 1.82) is 0 Å². The van der Waals surface area contributed by atoms with Crippen LogP contribution in [0, 0.1) is 6.92 Å². The Morgan fingerprint density at radius 3 is 2.28 bits per heavy atom. The second-order valence-corrected chi connectivity index (χ2v) is 8.02. The molecule has 1 amide bonds. The maximum Gasteiger partial charge on any atom is 0.257 e. The van der Waals surface area contributed by atoms with E-state index in [0.29, 0.717) is 11.6 Å². The third-order valence-corrected chi connectivity index (χ3v) is 5.77. The average molecular weight is 389 g/mol. The number of benzene rings is 2. The molecule has 150 valence electrons. The van der Waals surface area contributed by atoms with Gasteiger partial charge in [-0.2, -0.15) is 5.10 Å². The van der Waals surface area contributed by atoms with Gasteiger partial charge < -0.3 is 9.80 Å². The van der Waals surface area contributed by atoms with Crippen LogP contribution in [0.4, 0.5) is 0 Å². The van der Waals surface area contributed by atoms with E-state index in [1.807, 2.05) is 58.2 Å². The zero-order chi connectivity index (χ0) is 20.4. The second kappa shape index (κ2) is 8.21. The number of carbonyl (C=O) groups excluding carboxylic acids is 1. The van der Waals surface area contributed by atoms with Gasteiger partial charge in [0.1, 0.15) is 5.69 Å². The fraction of sp³-hybridized carbons (Fsp3) is 0.333. The summed E-state index contributed by atoms with van der Waals surface area (Å²) in [6.45, 7) is 3.63. The smallest absolute Gasteiger partial charge is 0.257 e. The minimum atomic E-state index is 0.0689. The van der Waals surface area contributed by atoms with E-state index in [0.717, 1.165) is 42.9 Å². The van der Waals surface area contributed by atoms with Gasteiger partial charge in [0, 0.05) is 30.9 Å². The van der Waals surface area contributed by atoms with Crippen molar-refractivity contribution < 1.29 is 4.79 Å². The lowest BCUT2D eigenvalue weighted by Gasteiger charge is -2.35. The molecule has 1 fully saturated rings. The average Bonchev–Trinajstić information content (AvgIpc) is 3.20. The van der Waals surface area contributed by atoms with Crippen LogP contribution >= 0.6 is 0 Å². The molecule has 0 bridgehead atoms. The molecule has 0 radical (unpaired) electrons. The standard InChI is InChI=1S/C24H28N4O/c1-18-9-11-21(12-10-18)28-17-22(23(25-28)19-7-5-4-6-8-19)24(29)27-15-13-20(14-16-27)26(2)3/h4-12,17,20H,13-16H2,1-3H3. The molecule has 0 atom stereocenters. The fourth-order valence-electron chi connectivity index (χ4n) is 3.93. The molecule has 0 aliphatic carbocycles. The van der Waals surface area contributed by atoms with Crippen molar-refractivity contribution in [1.82, 2.24) is 19.6 Å². The van der Waals surface area contributed by atoms with Gasteiger partial charge in [-0.1, -0.05) is 48.0 Å². The lowest BCUT2D eigenvalue weighted by Crippen LogP contribution is -2.44. The summed E-state index contributed by atoms with van der Waals surface area (Å²) in [5.74, 6) is 0.0689. The van der Waals surface area contributed by atoms with Crippen molar-refractivity contribution in [3.63, 3.8) is 0 Å². The Morgan fingerprint density at radius 2 is 1.66 bits per heavy atom. The summed E-state index contributed by atoms with van der Waals surface area (Å²) in [7, 11) is 4.22. The largest absolute Gasteiger partial charge is 0.338 e. The van der Waals surface area contributed by atoms with E-state index >= 15 is 0 Å². The maximum atomic E-state index is 13.4. The van der Waals surface area contributed by atoms with Crippen LogP contribution < -0.4 is 0 Å². The minimum absolute atomic E-state index is 0.0689. The van der Waals surface area contributed by atoms with Crippen LogP contribution in [0.5, 0.6) is 0 Å². The molecule has 2 aromatic carbocycles. The summed E-state index contributed by atoms with van der Waals surface area (Å²) in [5, 5.41) is 4.80. The molecule has 29 heavy (non-hydrogen) atoms. The van der Waals surface area contributed by atoms with Crippen molar-refractivity contribution in [2.45, 2.75) is 25.8 Å². The Morgan fingerprint density at radius 1 is 1.00 bits per heavy atom. The Balaban J connectivity index is 1.68. The van der Waals surface area contributed by atoms with Crippen LogP contribution in [-0.2, 0) is 0 Å². The molecular formula is C24H28N4O. The van der Waals surface area contributed by atoms with Gasteiger partial charge in [-0.25, -0.2) is 4.68 Å². The van der Waals surface area contributed by atoms with E-state index in [1.165, 1.54) is 5.56 Å². The molecule has 1 aromatic heterocycles. The SMILES string of the molecule is Cc1ccc(-n2cc(C(=O)N3CCC(N(C)C)CC3)c(-c3ccccc3)n2)cc1. The van der Waals surface area contributed by atoms with Gasteiger partial charge in [0.05, 0.1) is 11.3 Å². The highest BCUT2D eigenvalue weighted by atomic mass is 16.2. The highest BCUT2D eigenvalue weighted by molar-refractivity contribution is 6.00. The number of likely N-dealkylation sites (tertiary alicyclic amines) is 1. The van der Waals surface area contributed by atoms with E-state index in [-0.39, 0.29) is 5.91 Å². The topological polar surface area (TPSA) is 41.4 Å². The number of hydrogen-bond acceptors (Lipinski definition) is 3. The number of nitrogens with zero attached hydrogens (tertiary/aromatic N) is 4. The third kappa shape index (κ3) is 4.10. The lowest BCUT2D eigenvalue weighted by molar-refractivity contribution is 0.0664. The van der Waals surface area contributed by atoms with Gasteiger partial charge in [-0.3, -0.25) is 4.79 Å². The molecule has 2 heterocycles. The van der Waals surface area contributed by atoms with E-state index in [4.69, 9.17) is 5.10 Å². The Labute approximate surface area is 172 Å². The number of amides is 1. The van der Waals surface area contributed by atoms with Crippen LogP contribution in [0.15, 0.2) is 60.8 Å². The molecule has 1 saturated heterocycles. The Bertz CT molecular complexity index is 968. The number of aromatic nitrogens is 2. The van der Waals surface area contributed by atoms with Crippen molar-refractivity contribution in [2.75, 3.05) is 27.2 Å². The second-order valence-electron chi connectivity index (χ2n) is 8.02. The van der Waals surface area contributed by atoms with E-state index in [9.17, 15) is 4.79 Å². The quantitative estimate of drug-likeness (QED) is 0.678. The van der Waals surface area contributed by atoms with Gasteiger partial charge in [0.15, 0.2) is 0 Å². The molecule has 4 rings (SSSR count). The number of hydrogen-bond donors (Lipinski definition) is 0. The predicted octanol–water partition coefficient (Wildman–Crippen LogP) is 4.01. The predicted molar refractivity (Wildman–Crippen MR) is 116 cm³/mol. The zero-order valence-corrected chi connectivity index (χ0v) is 17.4. The van der Waals surface area contributed by atoms with E-state index < -0.39 is 0 Å². The summed E-state index contributed by atoms with van der Waals surface area (Å²) in [5.41, 5.74) is 4.53. The number of piperidine rings is 1. The molecule has 0 N–H and O–H groups in total. The van der Waals surface area contributed by atoms with Crippen molar-refractivity contribution in [3.8, 4) is 16.9 Å². The highest BCUT2D eigenvalue weighted by Gasteiger charge is 2.28. The molecule has 0 unspecified atom stereocenters. The van der Waals surface area contributed by atoms with Crippen LogP contribution in [-0.4, -0.2) is 58.7 Å². The summed E-state index contributed by atoms with van der Waals surface area (Å²) in [6, 6.07) is 18.7. The monoisotopic (exact) mass is 388 g/mol. The van der Waals surface area contributed by atoms with Crippen LogP contribution in [0.2, 0.25) is 0 Å². The molecule has 0 saturated carbocycles. The first kappa shape index (κ1) is 19.4. The van der Waals surface area contributed by atoms with Crippen LogP contribution in [0.25, 0.3) is 16.9 Å². The van der Waals surface area contributed by atoms with Gasteiger partial charge in [-0.15, -0.1) is 0 Å². The highest BCUT2D eigenvalue weighted by Crippen LogP contribution is 2.26. The molecule has 1 aliphatic heterocycles. The lowest BCUT2D eigenvalue weighted by atomic mass is 10.0. The van der Waals surface area contributed by atoms with Gasteiger partial charge in [0.25, 0.3) is 5.91 Å². The maximum absolute atomic E-state index is 13.4. The Hall–Kier alpha value is -2.92. The van der Waals surface area contributed by atoms with Gasteiger partial charge >= 0.3 is 0 Å². The zero-order valence-electron chi connectivity index (χ0n) is 17.4. The fourth-order valence-corrected chi connectivity index (χ4v) is 3.93. The van der Waals surface area contributed by atoms with Gasteiger partial charge in [-0.05, 0) is 46.0 Å². The molecule has 0 spiro atoms. The van der Waals surface area contributed by atoms with Gasteiger partial charge in [0.2, 0.25) is 0 Å². The van der Waals surface area contributed by atoms with Crippen molar-refractivity contribution in [3.05, 3.63) is 71.9 Å². The summed E-state index contributed by atoms with van der Waals surface area (Å²) >= 11 is 0. The number of aryl methyl sites for hydroxylation is 1. The molecule has 1 aliphatic rings. The summed E-state index contributed by atoms with van der Waals surface area (Å²) in [4.78, 5) is 17.7. The van der Waals surface area contributed by atoms with E-state index in [1.54, 1.807) is 0 Å². The molecule has 5 nitrogen and oxygen atoms in total. The van der Waals surface area contributed by atoms with Crippen LogP contribution in [0.1, 0.15) is 28.8 Å². The summed E-state index contributed by atoms with van der Waals surface area (Å²) in [6.07, 6.45) is 3.89. The Kier molecular flexibility index (Phi) is 5.49. The van der Waals surface area contributed by atoms with E-state index in [2.05, 4.69) is 38.1 Å². The minimum Gasteiger partial charge on any atom is -0.338 e. The normalized spacial score (nSPS) is 15.1. The first-order valence-corrected chi connectivity index (χ1v) is 10.2. The van der Waals surface area contributed by atoms with Crippen LogP contribution in [0.3, 0.4) is 0 Å². The molecule has 5 heteroatoms. The number of carbonyl (C=O) groups is 1. The van der Waals surface area contributed by atoms with Crippen molar-refractivity contribution in [2.24, 2.45) is 0 Å². The summed E-state index contributed by atoms with van der Waals surface area (Å²) < 4.78 is 1.82. The first-order chi connectivity index (χ1) is 14.0.